The van der Waals surface area contributed by atoms with E-state index in [2.05, 4.69) is 20.3 Å². The van der Waals surface area contributed by atoms with Crippen LogP contribution in [0, 0.1) is 6.92 Å². The van der Waals surface area contributed by atoms with Gasteiger partial charge in [-0.1, -0.05) is 6.07 Å². The number of anilines is 1. The first-order valence-electron chi connectivity index (χ1n) is 9.69. The highest BCUT2D eigenvalue weighted by Crippen LogP contribution is 2.31. The Labute approximate surface area is 192 Å². The minimum Gasteiger partial charge on any atom is -0.399 e. The molecule has 2 heterocycles. The van der Waals surface area contributed by atoms with Crippen LogP contribution < -0.4 is 16.6 Å². The van der Waals surface area contributed by atoms with E-state index in [1.807, 2.05) is 24.3 Å². The van der Waals surface area contributed by atoms with Gasteiger partial charge in [0.1, 0.15) is 5.82 Å². The third-order valence-electron chi connectivity index (χ3n) is 5.31. The van der Waals surface area contributed by atoms with Crippen molar-refractivity contribution in [2.75, 3.05) is 5.73 Å². The summed E-state index contributed by atoms with van der Waals surface area (Å²) in [5.74, 6) is 0.257. The first-order valence-corrected chi connectivity index (χ1v) is 9.69. The SMILES string of the molecule is Cc1nc(-c2cccnc2)[nH]c(=O)c1CC(=O)NC1CCCc2cc(N)ccc21.Cl.Cl. The average molecular weight is 462 g/mol. The third kappa shape index (κ3) is 5.42. The van der Waals surface area contributed by atoms with E-state index >= 15 is 0 Å². The molecule has 9 heteroatoms. The summed E-state index contributed by atoms with van der Waals surface area (Å²) in [6.45, 7) is 1.75. The largest absolute Gasteiger partial charge is 0.399 e. The fourth-order valence-electron chi connectivity index (χ4n) is 3.85. The number of rotatable bonds is 4. The Morgan fingerprint density at radius 3 is 2.81 bits per heavy atom. The minimum absolute atomic E-state index is 0. The highest BCUT2D eigenvalue weighted by atomic mass is 35.5. The fourth-order valence-corrected chi connectivity index (χ4v) is 3.85. The Morgan fingerprint density at radius 2 is 2.10 bits per heavy atom. The quantitative estimate of drug-likeness (QED) is 0.515. The van der Waals surface area contributed by atoms with Crippen molar-refractivity contribution in [3.63, 3.8) is 0 Å². The van der Waals surface area contributed by atoms with E-state index in [0.717, 1.165) is 36.1 Å². The number of hydrogen-bond acceptors (Lipinski definition) is 5. The topological polar surface area (TPSA) is 114 Å². The number of aromatic amines is 1. The van der Waals surface area contributed by atoms with Crippen molar-refractivity contribution in [2.45, 2.75) is 38.6 Å². The molecule has 1 amide bonds. The van der Waals surface area contributed by atoms with Crippen molar-refractivity contribution in [1.82, 2.24) is 20.3 Å². The molecule has 0 bridgehead atoms. The highest BCUT2D eigenvalue weighted by Gasteiger charge is 2.23. The van der Waals surface area contributed by atoms with Crippen LogP contribution in [0.5, 0.6) is 0 Å². The van der Waals surface area contributed by atoms with E-state index < -0.39 is 0 Å². The molecular weight excluding hydrogens is 437 g/mol. The number of nitrogens with one attached hydrogen (secondary N) is 2. The molecule has 164 valence electrons. The Balaban J connectivity index is 0.00000171. The molecule has 0 spiro atoms. The van der Waals surface area contributed by atoms with E-state index in [9.17, 15) is 9.59 Å². The zero-order valence-corrected chi connectivity index (χ0v) is 18.7. The van der Waals surface area contributed by atoms with Gasteiger partial charge >= 0.3 is 0 Å². The third-order valence-corrected chi connectivity index (χ3v) is 5.31. The number of H-pyrrole nitrogens is 1. The molecule has 0 fully saturated rings. The van der Waals surface area contributed by atoms with E-state index in [-0.39, 0.29) is 48.7 Å². The van der Waals surface area contributed by atoms with Crippen molar-refractivity contribution in [1.29, 1.82) is 0 Å². The number of carbonyl (C=O) groups is 1. The van der Waals surface area contributed by atoms with E-state index in [0.29, 0.717) is 17.1 Å². The van der Waals surface area contributed by atoms with Crippen LogP contribution in [0.4, 0.5) is 5.69 Å². The predicted molar refractivity (Wildman–Crippen MR) is 126 cm³/mol. The zero-order valence-electron chi connectivity index (χ0n) is 17.1. The monoisotopic (exact) mass is 461 g/mol. The van der Waals surface area contributed by atoms with E-state index in [1.54, 1.807) is 25.4 Å². The van der Waals surface area contributed by atoms with E-state index in [1.165, 1.54) is 5.56 Å². The molecule has 2 aromatic heterocycles. The standard InChI is InChI=1S/C22H23N5O2.2ClH/c1-13-18(22(29)27-21(25-13)15-5-3-9-24-12-15)11-20(28)26-19-6-2-4-14-10-16(23)7-8-17(14)19;;/h3,5,7-10,12,19H,2,4,6,11,23H2,1H3,(H,26,28)(H,25,27,29);2*1H. The van der Waals surface area contributed by atoms with Crippen LogP contribution in [-0.2, 0) is 17.6 Å². The van der Waals surface area contributed by atoms with Gasteiger partial charge in [-0.3, -0.25) is 14.6 Å². The van der Waals surface area contributed by atoms with Gasteiger partial charge in [-0.05, 0) is 61.6 Å². The van der Waals surface area contributed by atoms with Crippen LogP contribution in [-0.4, -0.2) is 20.9 Å². The van der Waals surface area contributed by atoms with Gasteiger partial charge in [-0.15, -0.1) is 24.8 Å². The summed E-state index contributed by atoms with van der Waals surface area (Å²) in [4.78, 5) is 36.5. The Bertz CT molecular complexity index is 1120. The highest BCUT2D eigenvalue weighted by molar-refractivity contribution is 5.85. The fraction of sp³-hybridized carbons (Fsp3) is 0.273. The van der Waals surface area contributed by atoms with Crippen LogP contribution in [0.15, 0.2) is 47.5 Å². The summed E-state index contributed by atoms with van der Waals surface area (Å²) < 4.78 is 0. The molecule has 0 saturated heterocycles. The van der Waals surface area contributed by atoms with Crippen molar-refractivity contribution in [3.05, 3.63) is 75.5 Å². The number of nitrogen functional groups attached to an aromatic ring is 1. The zero-order chi connectivity index (χ0) is 20.4. The normalized spacial score (nSPS) is 14.5. The van der Waals surface area contributed by atoms with Crippen molar-refractivity contribution < 1.29 is 4.79 Å². The maximum absolute atomic E-state index is 12.7. The number of amides is 1. The van der Waals surface area contributed by atoms with Gasteiger partial charge in [0.2, 0.25) is 5.91 Å². The molecule has 1 unspecified atom stereocenters. The molecular formula is C22H25Cl2N5O2. The molecule has 3 aromatic rings. The second-order valence-corrected chi connectivity index (χ2v) is 7.37. The van der Waals surface area contributed by atoms with Crippen LogP contribution in [0.25, 0.3) is 11.4 Å². The second kappa shape index (κ2) is 10.4. The minimum atomic E-state index is -0.302. The maximum Gasteiger partial charge on any atom is 0.255 e. The molecule has 4 N–H and O–H groups in total. The molecule has 1 atom stereocenters. The molecule has 31 heavy (non-hydrogen) atoms. The van der Waals surface area contributed by atoms with Gasteiger partial charge in [-0.2, -0.15) is 0 Å². The van der Waals surface area contributed by atoms with Gasteiger partial charge in [0.15, 0.2) is 0 Å². The van der Waals surface area contributed by atoms with Crippen LogP contribution in [0.1, 0.15) is 41.3 Å². The Kier molecular flexibility index (Phi) is 8.19. The summed E-state index contributed by atoms with van der Waals surface area (Å²) in [5, 5.41) is 3.07. The molecule has 1 aliphatic carbocycles. The number of fused-ring (bicyclic) bond motifs is 1. The molecule has 0 radical (unpaired) electrons. The van der Waals surface area contributed by atoms with Gasteiger partial charge in [0.05, 0.1) is 12.5 Å². The predicted octanol–water partition coefficient (Wildman–Crippen LogP) is 3.30. The smallest absolute Gasteiger partial charge is 0.255 e. The number of nitrogens with two attached hydrogens (primary N) is 1. The molecule has 1 aliphatic rings. The number of hydrogen-bond donors (Lipinski definition) is 3. The summed E-state index contributed by atoms with van der Waals surface area (Å²) >= 11 is 0. The van der Waals surface area contributed by atoms with Gasteiger partial charge < -0.3 is 16.0 Å². The number of aryl methyl sites for hydroxylation is 2. The second-order valence-electron chi connectivity index (χ2n) is 7.37. The van der Waals surface area contributed by atoms with Crippen LogP contribution in [0.3, 0.4) is 0 Å². The number of nitrogens with zero attached hydrogens (tertiary/aromatic N) is 2. The lowest BCUT2D eigenvalue weighted by molar-refractivity contribution is -0.121. The Hall–Kier alpha value is -2.90. The first-order chi connectivity index (χ1) is 14.0. The molecule has 1 aromatic carbocycles. The van der Waals surface area contributed by atoms with Gasteiger partial charge in [0, 0.05) is 34.9 Å². The van der Waals surface area contributed by atoms with Gasteiger partial charge in [0.25, 0.3) is 5.56 Å². The van der Waals surface area contributed by atoms with Gasteiger partial charge in [-0.25, -0.2) is 4.98 Å². The van der Waals surface area contributed by atoms with Crippen LogP contribution in [0.2, 0.25) is 0 Å². The summed E-state index contributed by atoms with van der Waals surface area (Å²) in [6, 6.07) is 9.36. The first kappa shape index (κ1) is 24.4. The summed E-state index contributed by atoms with van der Waals surface area (Å²) in [6.07, 6.45) is 6.11. The Morgan fingerprint density at radius 1 is 1.29 bits per heavy atom. The van der Waals surface area contributed by atoms with Crippen molar-refractivity contribution >= 4 is 36.4 Å². The number of pyridine rings is 1. The lowest BCUT2D eigenvalue weighted by Gasteiger charge is -2.26. The maximum atomic E-state index is 12.7. The number of carbonyl (C=O) groups excluding carboxylic acids is 1. The molecule has 0 aliphatic heterocycles. The van der Waals surface area contributed by atoms with Crippen molar-refractivity contribution in [2.24, 2.45) is 0 Å². The van der Waals surface area contributed by atoms with Crippen LogP contribution >= 0.6 is 24.8 Å². The van der Waals surface area contributed by atoms with Crippen molar-refractivity contribution in [3.8, 4) is 11.4 Å². The van der Waals surface area contributed by atoms with E-state index in [4.69, 9.17) is 5.73 Å². The number of benzene rings is 1. The molecule has 4 rings (SSSR count). The summed E-state index contributed by atoms with van der Waals surface area (Å²) in [7, 11) is 0. The molecule has 7 nitrogen and oxygen atoms in total. The lowest BCUT2D eigenvalue weighted by atomic mass is 9.87. The number of halogens is 2. The lowest BCUT2D eigenvalue weighted by Crippen LogP contribution is -2.34. The number of aromatic nitrogens is 3. The average Bonchev–Trinajstić information content (AvgIpc) is 2.71. The molecule has 0 saturated carbocycles. The summed E-state index contributed by atoms with van der Waals surface area (Å²) in [5.41, 5.74) is 10.2.